The van der Waals surface area contributed by atoms with E-state index in [1.54, 1.807) is 0 Å². The molecule has 2 aliphatic heterocycles. The van der Waals surface area contributed by atoms with E-state index in [-0.39, 0.29) is 30.5 Å². The highest BCUT2D eigenvalue weighted by molar-refractivity contribution is 5.85. The number of nitrogens with zero attached hydrogens (tertiary/aromatic N) is 1. The maximum atomic E-state index is 12.6. The third kappa shape index (κ3) is 4.69. The fourth-order valence-electron chi connectivity index (χ4n) is 3.41. The molecule has 2 fully saturated rings. The van der Waals surface area contributed by atoms with Crippen molar-refractivity contribution < 1.29 is 9.53 Å². The predicted molar refractivity (Wildman–Crippen MR) is 93.8 cm³/mol. The minimum Gasteiger partial charge on any atom is -0.370 e. The van der Waals surface area contributed by atoms with E-state index < -0.39 is 0 Å². The van der Waals surface area contributed by atoms with Gasteiger partial charge in [-0.2, -0.15) is 0 Å². The maximum absolute atomic E-state index is 12.6. The fraction of sp³-hybridized carbons (Fsp3) is 0.611. The molecule has 1 amide bonds. The van der Waals surface area contributed by atoms with Crippen LogP contribution in [0.1, 0.15) is 37.9 Å². The Morgan fingerprint density at radius 2 is 2.13 bits per heavy atom. The molecular formula is C18H27ClN2O2. The number of carbonyl (C=O) groups is 1. The lowest BCUT2D eigenvalue weighted by molar-refractivity contribution is -0.144. The van der Waals surface area contributed by atoms with Gasteiger partial charge in [0.05, 0.1) is 19.2 Å². The van der Waals surface area contributed by atoms with Gasteiger partial charge in [-0.05, 0) is 44.3 Å². The van der Waals surface area contributed by atoms with Gasteiger partial charge in [0, 0.05) is 6.42 Å². The van der Waals surface area contributed by atoms with Gasteiger partial charge in [0.2, 0.25) is 5.91 Å². The number of rotatable bonds is 4. The van der Waals surface area contributed by atoms with Gasteiger partial charge in [-0.25, -0.2) is 0 Å². The Balaban J connectivity index is 0.00000192. The number of hydrogen-bond donors (Lipinski definition) is 1. The Labute approximate surface area is 145 Å². The number of hydrogen-bond acceptors (Lipinski definition) is 3. The summed E-state index contributed by atoms with van der Waals surface area (Å²) in [6.07, 6.45) is 2.89. The Morgan fingerprint density at radius 3 is 2.83 bits per heavy atom. The molecule has 1 aromatic carbocycles. The summed E-state index contributed by atoms with van der Waals surface area (Å²) in [5.74, 6) is 0.953. The monoisotopic (exact) mass is 338 g/mol. The first kappa shape index (κ1) is 18.2. The van der Waals surface area contributed by atoms with Crippen molar-refractivity contribution in [2.45, 2.75) is 38.3 Å². The second-order valence-corrected chi connectivity index (χ2v) is 6.53. The molecular weight excluding hydrogens is 312 g/mol. The highest BCUT2D eigenvalue weighted by Gasteiger charge is 2.30. The van der Waals surface area contributed by atoms with Crippen molar-refractivity contribution >= 4 is 18.3 Å². The number of nitrogens with one attached hydrogen (secondary N) is 1. The van der Waals surface area contributed by atoms with Gasteiger partial charge in [0.1, 0.15) is 6.10 Å². The molecule has 1 aromatic rings. The zero-order valence-electron chi connectivity index (χ0n) is 13.7. The molecule has 0 radical (unpaired) electrons. The van der Waals surface area contributed by atoms with Crippen molar-refractivity contribution in [1.82, 2.24) is 10.2 Å². The van der Waals surface area contributed by atoms with Gasteiger partial charge in [-0.3, -0.25) is 4.79 Å². The van der Waals surface area contributed by atoms with Crippen molar-refractivity contribution in [2.75, 3.05) is 26.2 Å². The van der Waals surface area contributed by atoms with Crippen LogP contribution in [0.5, 0.6) is 0 Å². The summed E-state index contributed by atoms with van der Waals surface area (Å²) in [6, 6.07) is 10.4. The van der Waals surface area contributed by atoms with E-state index in [9.17, 15) is 4.79 Å². The van der Waals surface area contributed by atoms with Crippen molar-refractivity contribution in [3.63, 3.8) is 0 Å². The zero-order valence-corrected chi connectivity index (χ0v) is 14.6. The number of amides is 1. The van der Waals surface area contributed by atoms with E-state index in [1.165, 1.54) is 6.42 Å². The molecule has 2 aliphatic rings. The van der Waals surface area contributed by atoms with Crippen molar-refractivity contribution in [3.05, 3.63) is 35.9 Å². The van der Waals surface area contributed by atoms with E-state index in [1.807, 2.05) is 23.1 Å². The summed E-state index contributed by atoms with van der Waals surface area (Å²) in [7, 11) is 0. The molecule has 3 atom stereocenters. The van der Waals surface area contributed by atoms with Crippen LogP contribution < -0.4 is 5.32 Å². The van der Waals surface area contributed by atoms with Gasteiger partial charge in [0.15, 0.2) is 0 Å². The van der Waals surface area contributed by atoms with E-state index in [2.05, 4.69) is 24.4 Å². The van der Waals surface area contributed by atoms with Crippen LogP contribution in [-0.2, 0) is 9.53 Å². The summed E-state index contributed by atoms with van der Waals surface area (Å²) in [6.45, 7) is 5.54. The molecule has 3 unspecified atom stereocenters. The predicted octanol–water partition coefficient (Wildman–Crippen LogP) is 2.79. The third-order valence-electron chi connectivity index (χ3n) is 4.85. The second-order valence-electron chi connectivity index (χ2n) is 6.53. The van der Waals surface area contributed by atoms with Crippen LogP contribution in [-0.4, -0.2) is 43.1 Å². The molecule has 0 bridgehead atoms. The third-order valence-corrected chi connectivity index (χ3v) is 4.85. The minimum atomic E-state index is 0. The lowest BCUT2D eigenvalue weighted by atomic mass is 10.0. The van der Waals surface area contributed by atoms with Gasteiger partial charge in [-0.1, -0.05) is 30.3 Å². The highest BCUT2D eigenvalue weighted by Crippen LogP contribution is 2.26. The number of morpholine rings is 1. The van der Waals surface area contributed by atoms with Gasteiger partial charge in [-0.15, -0.1) is 12.4 Å². The fourth-order valence-corrected chi connectivity index (χ4v) is 3.41. The van der Waals surface area contributed by atoms with Gasteiger partial charge < -0.3 is 15.0 Å². The van der Waals surface area contributed by atoms with Gasteiger partial charge in [0.25, 0.3) is 0 Å². The lowest BCUT2D eigenvalue weighted by Gasteiger charge is -2.38. The summed E-state index contributed by atoms with van der Waals surface area (Å²) >= 11 is 0. The average molecular weight is 339 g/mol. The van der Waals surface area contributed by atoms with Crippen LogP contribution in [0, 0.1) is 5.92 Å². The number of ether oxygens (including phenoxy) is 1. The molecule has 3 rings (SSSR count). The number of benzene rings is 1. The standard InChI is InChI=1S/C18H26N2O2.ClH/c1-14-13-22-17(16-5-3-2-4-6-16)12-20(14)18(21)8-7-15-9-10-19-11-15;/h2-6,14-15,17,19H,7-13H2,1H3;1H. The smallest absolute Gasteiger partial charge is 0.222 e. The molecule has 1 N–H and O–H groups in total. The highest BCUT2D eigenvalue weighted by atomic mass is 35.5. The zero-order chi connectivity index (χ0) is 15.4. The van der Waals surface area contributed by atoms with Crippen LogP contribution in [0.4, 0.5) is 0 Å². The molecule has 0 aromatic heterocycles. The molecule has 2 saturated heterocycles. The van der Waals surface area contributed by atoms with Gasteiger partial charge >= 0.3 is 0 Å². The first-order chi connectivity index (χ1) is 10.7. The summed E-state index contributed by atoms with van der Waals surface area (Å²) in [5.41, 5.74) is 1.16. The molecule has 128 valence electrons. The van der Waals surface area contributed by atoms with Crippen LogP contribution in [0.15, 0.2) is 30.3 Å². The van der Waals surface area contributed by atoms with Crippen molar-refractivity contribution in [2.24, 2.45) is 5.92 Å². The first-order valence-corrected chi connectivity index (χ1v) is 8.41. The van der Waals surface area contributed by atoms with E-state index in [0.717, 1.165) is 25.1 Å². The number of halogens is 1. The van der Waals surface area contributed by atoms with Crippen LogP contribution in [0.3, 0.4) is 0 Å². The topological polar surface area (TPSA) is 41.6 Å². The van der Waals surface area contributed by atoms with Crippen molar-refractivity contribution in [3.8, 4) is 0 Å². The van der Waals surface area contributed by atoms with E-state index in [4.69, 9.17) is 4.74 Å². The van der Waals surface area contributed by atoms with Crippen LogP contribution in [0.2, 0.25) is 0 Å². The molecule has 23 heavy (non-hydrogen) atoms. The molecule has 0 aliphatic carbocycles. The normalized spacial score (nSPS) is 27.5. The van der Waals surface area contributed by atoms with Crippen LogP contribution in [0.25, 0.3) is 0 Å². The molecule has 2 heterocycles. The largest absolute Gasteiger partial charge is 0.370 e. The summed E-state index contributed by atoms with van der Waals surface area (Å²) < 4.78 is 5.93. The first-order valence-electron chi connectivity index (χ1n) is 8.41. The van der Waals surface area contributed by atoms with Crippen molar-refractivity contribution in [1.29, 1.82) is 0 Å². The summed E-state index contributed by atoms with van der Waals surface area (Å²) in [4.78, 5) is 14.6. The SMILES string of the molecule is CC1COC(c2ccccc2)CN1C(=O)CCC1CCNC1.Cl. The minimum absolute atomic E-state index is 0. The van der Waals surface area contributed by atoms with Crippen LogP contribution >= 0.6 is 12.4 Å². The second kappa shape index (κ2) is 8.67. The Hall–Kier alpha value is -1.10. The Morgan fingerprint density at radius 1 is 1.35 bits per heavy atom. The quantitative estimate of drug-likeness (QED) is 0.917. The lowest BCUT2D eigenvalue weighted by Crippen LogP contribution is -2.48. The maximum Gasteiger partial charge on any atom is 0.222 e. The molecule has 5 heteroatoms. The average Bonchev–Trinajstić information content (AvgIpc) is 3.07. The molecule has 0 saturated carbocycles. The number of carbonyl (C=O) groups excluding carboxylic acids is 1. The summed E-state index contributed by atoms with van der Waals surface area (Å²) in [5, 5.41) is 3.37. The van der Waals surface area contributed by atoms with E-state index in [0.29, 0.717) is 25.5 Å². The Kier molecular flexibility index (Phi) is 6.88. The Bertz CT molecular complexity index is 491. The molecule has 0 spiro atoms. The van der Waals surface area contributed by atoms with E-state index >= 15 is 0 Å². The molecule has 4 nitrogen and oxygen atoms in total.